The van der Waals surface area contributed by atoms with Crippen molar-refractivity contribution in [3.63, 3.8) is 0 Å². The molecule has 0 aliphatic heterocycles. The lowest BCUT2D eigenvalue weighted by atomic mass is 10.1. The molecule has 0 aliphatic carbocycles. The standard InChI is InChI=1S/C19H23NO2/c1-2-18(20-15-16-9-5-3-6-10-16)13-14-22-19(21)17-11-7-4-8-12-17/h3-12,18,20H,2,13-15H2,1H3. The quantitative estimate of drug-likeness (QED) is 0.753. The summed E-state index contributed by atoms with van der Waals surface area (Å²) in [6.45, 7) is 3.42. The van der Waals surface area contributed by atoms with Gasteiger partial charge >= 0.3 is 5.97 Å². The maximum absolute atomic E-state index is 11.9. The molecule has 3 heteroatoms. The Hall–Kier alpha value is -2.13. The van der Waals surface area contributed by atoms with Crippen molar-refractivity contribution in [3.8, 4) is 0 Å². The van der Waals surface area contributed by atoms with Crippen LogP contribution in [0.4, 0.5) is 0 Å². The highest BCUT2D eigenvalue weighted by Gasteiger charge is 2.09. The first-order valence-electron chi connectivity index (χ1n) is 7.79. The molecule has 116 valence electrons. The fourth-order valence-corrected chi connectivity index (χ4v) is 2.26. The van der Waals surface area contributed by atoms with Crippen LogP contribution in [0.5, 0.6) is 0 Å². The molecule has 0 heterocycles. The summed E-state index contributed by atoms with van der Waals surface area (Å²) in [5.41, 5.74) is 1.87. The zero-order chi connectivity index (χ0) is 15.6. The smallest absolute Gasteiger partial charge is 0.338 e. The van der Waals surface area contributed by atoms with Crippen molar-refractivity contribution < 1.29 is 9.53 Å². The molecule has 0 radical (unpaired) electrons. The largest absolute Gasteiger partial charge is 0.462 e. The molecule has 1 atom stereocenters. The topological polar surface area (TPSA) is 38.3 Å². The molecule has 1 unspecified atom stereocenters. The van der Waals surface area contributed by atoms with Gasteiger partial charge in [-0.2, -0.15) is 0 Å². The van der Waals surface area contributed by atoms with Crippen molar-refractivity contribution in [2.24, 2.45) is 0 Å². The number of benzene rings is 2. The van der Waals surface area contributed by atoms with Crippen LogP contribution in [-0.2, 0) is 11.3 Å². The van der Waals surface area contributed by atoms with Crippen LogP contribution >= 0.6 is 0 Å². The summed E-state index contributed by atoms with van der Waals surface area (Å²) < 4.78 is 5.33. The zero-order valence-electron chi connectivity index (χ0n) is 13.0. The number of esters is 1. The van der Waals surface area contributed by atoms with Crippen LogP contribution in [0.25, 0.3) is 0 Å². The average Bonchev–Trinajstić information content (AvgIpc) is 2.59. The van der Waals surface area contributed by atoms with E-state index in [0.717, 1.165) is 19.4 Å². The van der Waals surface area contributed by atoms with Gasteiger partial charge in [0.25, 0.3) is 0 Å². The predicted octanol–water partition coefficient (Wildman–Crippen LogP) is 3.80. The van der Waals surface area contributed by atoms with Crippen molar-refractivity contribution in [1.82, 2.24) is 5.32 Å². The molecule has 0 spiro atoms. The Balaban J connectivity index is 1.71. The lowest BCUT2D eigenvalue weighted by Crippen LogP contribution is -2.29. The first-order chi connectivity index (χ1) is 10.8. The summed E-state index contributed by atoms with van der Waals surface area (Å²) in [6.07, 6.45) is 1.83. The van der Waals surface area contributed by atoms with Gasteiger partial charge in [0.15, 0.2) is 0 Å². The van der Waals surface area contributed by atoms with Crippen LogP contribution in [-0.4, -0.2) is 18.6 Å². The van der Waals surface area contributed by atoms with Gasteiger partial charge in [-0.3, -0.25) is 0 Å². The average molecular weight is 297 g/mol. The van der Waals surface area contributed by atoms with Crippen LogP contribution in [0.2, 0.25) is 0 Å². The van der Waals surface area contributed by atoms with Crippen molar-refractivity contribution in [1.29, 1.82) is 0 Å². The Morgan fingerprint density at radius 2 is 1.68 bits per heavy atom. The van der Waals surface area contributed by atoms with Gasteiger partial charge < -0.3 is 10.1 Å². The highest BCUT2D eigenvalue weighted by Crippen LogP contribution is 2.05. The first kappa shape index (κ1) is 16.2. The maximum atomic E-state index is 11.9. The fourth-order valence-electron chi connectivity index (χ4n) is 2.26. The second-order valence-corrected chi connectivity index (χ2v) is 5.26. The van der Waals surface area contributed by atoms with Gasteiger partial charge in [-0.05, 0) is 30.5 Å². The Kier molecular flexibility index (Phi) is 6.65. The van der Waals surface area contributed by atoms with Crippen LogP contribution in [0.3, 0.4) is 0 Å². The van der Waals surface area contributed by atoms with Gasteiger partial charge in [-0.15, -0.1) is 0 Å². The molecule has 0 amide bonds. The summed E-state index contributed by atoms with van der Waals surface area (Å²) in [4.78, 5) is 11.9. The van der Waals surface area contributed by atoms with Crippen LogP contribution in [0, 0.1) is 0 Å². The SMILES string of the molecule is CCC(CCOC(=O)c1ccccc1)NCc1ccccc1. The molecule has 2 rings (SSSR count). The Labute approximate surface area is 132 Å². The normalized spacial score (nSPS) is 11.9. The van der Waals surface area contributed by atoms with Crippen LogP contribution in [0.1, 0.15) is 35.7 Å². The number of carbonyl (C=O) groups is 1. The van der Waals surface area contributed by atoms with E-state index in [-0.39, 0.29) is 5.97 Å². The number of hydrogen-bond donors (Lipinski definition) is 1. The van der Waals surface area contributed by atoms with Crippen LogP contribution < -0.4 is 5.32 Å². The Morgan fingerprint density at radius 1 is 1.05 bits per heavy atom. The highest BCUT2D eigenvalue weighted by molar-refractivity contribution is 5.89. The lowest BCUT2D eigenvalue weighted by Gasteiger charge is -2.17. The van der Waals surface area contributed by atoms with E-state index in [1.807, 2.05) is 36.4 Å². The molecule has 0 bridgehead atoms. The van der Waals surface area contributed by atoms with E-state index in [1.165, 1.54) is 5.56 Å². The summed E-state index contributed by atoms with van der Waals surface area (Å²) in [5, 5.41) is 3.51. The Morgan fingerprint density at radius 3 is 2.32 bits per heavy atom. The van der Waals surface area contributed by atoms with Crippen molar-refractivity contribution in [3.05, 3.63) is 71.8 Å². The first-order valence-corrected chi connectivity index (χ1v) is 7.79. The lowest BCUT2D eigenvalue weighted by molar-refractivity contribution is 0.0488. The van der Waals surface area contributed by atoms with Crippen LogP contribution in [0.15, 0.2) is 60.7 Å². The van der Waals surface area contributed by atoms with E-state index in [1.54, 1.807) is 12.1 Å². The second-order valence-electron chi connectivity index (χ2n) is 5.26. The van der Waals surface area contributed by atoms with E-state index < -0.39 is 0 Å². The molecule has 0 aromatic heterocycles. The molecule has 2 aromatic rings. The fraction of sp³-hybridized carbons (Fsp3) is 0.316. The summed E-state index contributed by atoms with van der Waals surface area (Å²) in [5.74, 6) is -0.251. The van der Waals surface area contributed by atoms with E-state index in [0.29, 0.717) is 18.2 Å². The van der Waals surface area contributed by atoms with Gasteiger partial charge in [0, 0.05) is 12.6 Å². The van der Waals surface area contributed by atoms with Gasteiger partial charge in [-0.25, -0.2) is 4.79 Å². The minimum Gasteiger partial charge on any atom is -0.462 e. The van der Waals surface area contributed by atoms with Gasteiger partial charge in [0.1, 0.15) is 0 Å². The van der Waals surface area contributed by atoms with Gasteiger partial charge in [0.2, 0.25) is 0 Å². The minimum absolute atomic E-state index is 0.251. The minimum atomic E-state index is -0.251. The third-order valence-electron chi connectivity index (χ3n) is 3.64. The van der Waals surface area contributed by atoms with Crippen molar-refractivity contribution in [2.45, 2.75) is 32.4 Å². The van der Waals surface area contributed by atoms with Crippen molar-refractivity contribution in [2.75, 3.05) is 6.61 Å². The predicted molar refractivity (Wildman–Crippen MR) is 88.7 cm³/mol. The van der Waals surface area contributed by atoms with E-state index >= 15 is 0 Å². The molecule has 0 saturated heterocycles. The molecule has 0 saturated carbocycles. The maximum Gasteiger partial charge on any atom is 0.338 e. The molecule has 1 N–H and O–H groups in total. The van der Waals surface area contributed by atoms with E-state index in [4.69, 9.17) is 4.74 Å². The summed E-state index contributed by atoms with van der Waals surface area (Å²) in [6, 6.07) is 19.8. The molecule has 2 aromatic carbocycles. The monoisotopic (exact) mass is 297 g/mol. The zero-order valence-corrected chi connectivity index (χ0v) is 13.0. The molecule has 0 fully saturated rings. The highest BCUT2D eigenvalue weighted by atomic mass is 16.5. The molecular formula is C19H23NO2. The number of hydrogen-bond acceptors (Lipinski definition) is 3. The molecule has 0 aliphatic rings. The number of carbonyl (C=O) groups excluding carboxylic acids is 1. The molecular weight excluding hydrogens is 274 g/mol. The summed E-state index contributed by atoms with van der Waals surface area (Å²) in [7, 11) is 0. The second kappa shape index (κ2) is 9.00. The molecule has 22 heavy (non-hydrogen) atoms. The number of ether oxygens (including phenoxy) is 1. The van der Waals surface area contributed by atoms with Gasteiger partial charge in [-0.1, -0.05) is 55.5 Å². The van der Waals surface area contributed by atoms with E-state index in [2.05, 4.69) is 24.4 Å². The third-order valence-corrected chi connectivity index (χ3v) is 3.64. The molecule has 3 nitrogen and oxygen atoms in total. The van der Waals surface area contributed by atoms with Gasteiger partial charge in [0.05, 0.1) is 12.2 Å². The Bertz CT molecular complexity index is 554. The number of nitrogens with one attached hydrogen (secondary N) is 1. The summed E-state index contributed by atoms with van der Waals surface area (Å²) >= 11 is 0. The number of rotatable bonds is 8. The third kappa shape index (κ3) is 5.34. The van der Waals surface area contributed by atoms with E-state index in [9.17, 15) is 4.79 Å². The van der Waals surface area contributed by atoms with Crippen molar-refractivity contribution >= 4 is 5.97 Å².